The smallest absolute Gasteiger partial charge is 0.227 e. The van der Waals surface area contributed by atoms with Gasteiger partial charge in [-0.3, -0.25) is 4.79 Å². The van der Waals surface area contributed by atoms with Crippen LogP contribution in [0, 0.1) is 12.8 Å². The van der Waals surface area contributed by atoms with Crippen molar-refractivity contribution in [3.63, 3.8) is 0 Å². The molecule has 2 aromatic rings. The summed E-state index contributed by atoms with van der Waals surface area (Å²) in [7, 11) is 1.62. The van der Waals surface area contributed by atoms with E-state index in [-0.39, 0.29) is 11.8 Å². The van der Waals surface area contributed by atoms with Crippen molar-refractivity contribution < 1.29 is 14.3 Å². The maximum absolute atomic E-state index is 12.5. The lowest BCUT2D eigenvalue weighted by Crippen LogP contribution is -2.37. The number of hydrogen-bond acceptors (Lipinski definition) is 5. The summed E-state index contributed by atoms with van der Waals surface area (Å²) in [4.78, 5) is 18.1. The van der Waals surface area contributed by atoms with E-state index in [2.05, 4.69) is 17.2 Å². The van der Waals surface area contributed by atoms with Crippen molar-refractivity contribution in [2.24, 2.45) is 5.92 Å². The van der Waals surface area contributed by atoms with Gasteiger partial charge >= 0.3 is 0 Å². The predicted octanol–water partition coefficient (Wildman–Crippen LogP) is 2.89. The Kier molecular flexibility index (Phi) is 5.04. The van der Waals surface area contributed by atoms with Gasteiger partial charge in [0.2, 0.25) is 5.91 Å². The van der Waals surface area contributed by atoms with Crippen molar-refractivity contribution in [3.8, 4) is 11.5 Å². The number of ether oxygens (including phenoxy) is 2. The van der Waals surface area contributed by atoms with Crippen molar-refractivity contribution in [2.75, 3.05) is 13.7 Å². The highest BCUT2D eigenvalue weighted by Gasteiger charge is 2.27. The molecule has 6 heteroatoms. The Labute approximate surface area is 146 Å². The molecular formula is C18H22N2O3S. The molecule has 0 saturated heterocycles. The van der Waals surface area contributed by atoms with Crippen LogP contribution in [-0.4, -0.2) is 24.6 Å². The third-order valence-electron chi connectivity index (χ3n) is 4.21. The molecule has 1 aliphatic heterocycles. The molecule has 0 saturated carbocycles. The molecule has 1 amide bonds. The molecule has 0 spiro atoms. The highest BCUT2D eigenvalue weighted by atomic mass is 32.1. The van der Waals surface area contributed by atoms with Crippen LogP contribution in [0.5, 0.6) is 11.5 Å². The van der Waals surface area contributed by atoms with Crippen molar-refractivity contribution >= 4 is 17.2 Å². The van der Waals surface area contributed by atoms with E-state index >= 15 is 0 Å². The van der Waals surface area contributed by atoms with Crippen molar-refractivity contribution in [1.29, 1.82) is 0 Å². The molecule has 1 aromatic carbocycles. The van der Waals surface area contributed by atoms with Crippen molar-refractivity contribution in [2.45, 2.75) is 33.2 Å². The van der Waals surface area contributed by atoms with Crippen LogP contribution in [0.3, 0.4) is 0 Å². The van der Waals surface area contributed by atoms with E-state index in [0.29, 0.717) is 19.6 Å². The number of benzene rings is 1. The molecule has 0 unspecified atom stereocenters. The Morgan fingerprint density at radius 3 is 3.04 bits per heavy atom. The van der Waals surface area contributed by atoms with Crippen LogP contribution in [0.4, 0.5) is 0 Å². The number of para-hydroxylation sites is 1. The largest absolute Gasteiger partial charge is 0.493 e. The number of rotatable bonds is 5. The number of carbonyl (C=O) groups is 1. The lowest BCUT2D eigenvalue weighted by molar-refractivity contribution is -0.126. The number of thiazole rings is 1. The quantitative estimate of drug-likeness (QED) is 0.904. The van der Waals surface area contributed by atoms with E-state index in [1.165, 1.54) is 0 Å². The highest BCUT2D eigenvalue weighted by molar-refractivity contribution is 7.11. The number of nitrogens with one attached hydrogen (secondary N) is 1. The van der Waals surface area contributed by atoms with Crippen LogP contribution in [0.15, 0.2) is 18.2 Å². The second-order valence-corrected chi connectivity index (χ2v) is 7.02. The van der Waals surface area contributed by atoms with Crippen LogP contribution < -0.4 is 14.8 Å². The molecule has 1 N–H and O–H groups in total. The zero-order valence-corrected chi connectivity index (χ0v) is 15.0. The van der Waals surface area contributed by atoms with E-state index in [4.69, 9.17) is 9.47 Å². The second kappa shape index (κ2) is 7.21. The zero-order valence-electron chi connectivity index (χ0n) is 14.2. The summed E-state index contributed by atoms with van der Waals surface area (Å²) in [5.41, 5.74) is 2.02. The Morgan fingerprint density at radius 1 is 1.50 bits per heavy atom. The minimum atomic E-state index is -0.177. The van der Waals surface area contributed by atoms with Gasteiger partial charge in [0.1, 0.15) is 6.61 Å². The third-order valence-corrected chi connectivity index (χ3v) is 5.51. The highest BCUT2D eigenvalue weighted by Crippen LogP contribution is 2.36. The number of aromatic nitrogens is 1. The molecule has 0 radical (unpaired) electrons. The third kappa shape index (κ3) is 3.38. The molecule has 1 atom stereocenters. The molecule has 0 aliphatic carbocycles. The van der Waals surface area contributed by atoms with Gasteiger partial charge in [0.15, 0.2) is 11.5 Å². The molecule has 128 valence electrons. The fourth-order valence-electron chi connectivity index (χ4n) is 2.84. The summed E-state index contributed by atoms with van der Waals surface area (Å²) in [6.45, 7) is 4.99. The van der Waals surface area contributed by atoms with Crippen molar-refractivity contribution in [1.82, 2.24) is 10.3 Å². The first-order chi connectivity index (χ1) is 11.6. The standard InChI is InChI=1S/C18H22N2O3S/c1-4-16-20-11(2)15(24-16)9-19-18(21)13-8-12-6-5-7-14(22-3)17(12)23-10-13/h5-7,13H,4,8-10H2,1-3H3,(H,19,21)/t13-/m1/s1. The van der Waals surface area contributed by atoms with Crippen LogP contribution in [-0.2, 0) is 24.2 Å². The lowest BCUT2D eigenvalue weighted by atomic mass is 9.95. The normalized spacial score (nSPS) is 16.2. The molecule has 1 aromatic heterocycles. The van der Waals surface area contributed by atoms with E-state index in [1.807, 2.05) is 25.1 Å². The SMILES string of the molecule is CCc1nc(C)c(CNC(=O)[C@H]2COc3c(cccc3OC)C2)s1. The van der Waals surface area contributed by atoms with Crippen molar-refractivity contribution in [3.05, 3.63) is 39.3 Å². The minimum Gasteiger partial charge on any atom is -0.493 e. The summed E-state index contributed by atoms with van der Waals surface area (Å²) in [6, 6.07) is 5.78. The predicted molar refractivity (Wildman–Crippen MR) is 93.8 cm³/mol. The summed E-state index contributed by atoms with van der Waals surface area (Å²) >= 11 is 1.67. The lowest BCUT2D eigenvalue weighted by Gasteiger charge is -2.25. The molecule has 3 rings (SSSR count). The Hall–Kier alpha value is -2.08. The van der Waals surface area contributed by atoms with Gasteiger partial charge in [0, 0.05) is 4.88 Å². The van der Waals surface area contributed by atoms with Gasteiger partial charge in [-0.15, -0.1) is 11.3 Å². The maximum atomic E-state index is 12.5. The van der Waals surface area contributed by atoms with E-state index < -0.39 is 0 Å². The number of fused-ring (bicyclic) bond motifs is 1. The van der Waals surface area contributed by atoms with Crippen LogP contribution in [0.25, 0.3) is 0 Å². The zero-order chi connectivity index (χ0) is 17.1. The Morgan fingerprint density at radius 2 is 2.33 bits per heavy atom. The number of hydrogen-bond donors (Lipinski definition) is 1. The minimum absolute atomic E-state index is 0.0225. The maximum Gasteiger partial charge on any atom is 0.227 e. The molecular weight excluding hydrogens is 324 g/mol. The molecule has 0 fully saturated rings. The monoisotopic (exact) mass is 346 g/mol. The summed E-state index contributed by atoms with van der Waals surface area (Å²) in [5.74, 6) is 1.33. The number of aryl methyl sites for hydroxylation is 2. The van der Waals surface area contributed by atoms with Gasteiger partial charge in [-0.05, 0) is 31.4 Å². The van der Waals surface area contributed by atoms with E-state index in [0.717, 1.165) is 39.1 Å². The molecule has 1 aliphatic rings. The topological polar surface area (TPSA) is 60.5 Å². The first-order valence-electron chi connectivity index (χ1n) is 8.14. The van der Waals surface area contributed by atoms with Gasteiger partial charge in [0.25, 0.3) is 0 Å². The van der Waals surface area contributed by atoms with Gasteiger partial charge in [-0.25, -0.2) is 4.98 Å². The Bertz CT molecular complexity index is 742. The number of carbonyl (C=O) groups excluding carboxylic acids is 1. The average Bonchev–Trinajstić information content (AvgIpc) is 2.98. The number of amides is 1. The van der Waals surface area contributed by atoms with Gasteiger partial charge in [-0.2, -0.15) is 0 Å². The van der Waals surface area contributed by atoms with Crippen LogP contribution in [0.1, 0.15) is 28.1 Å². The molecule has 0 bridgehead atoms. The molecule has 24 heavy (non-hydrogen) atoms. The van der Waals surface area contributed by atoms with E-state index in [1.54, 1.807) is 18.4 Å². The average molecular weight is 346 g/mol. The number of methoxy groups -OCH3 is 1. The van der Waals surface area contributed by atoms with Gasteiger partial charge in [-0.1, -0.05) is 19.1 Å². The summed E-state index contributed by atoms with van der Waals surface area (Å²) in [5, 5.41) is 4.14. The molecule has 2 heterocycles. The van der Waals surface area contributed by atoms with E-state index in [9.17, 15) is 4.79 Å². The fraction of sp³-hybridized carbons (Fsp3) is 0.444. The Balaban J connectivity index is 1.63. The summed E-state index contributed by atoms with van der Waals surface area (Å²) < 4.78 is 11.1. The van der Waals surface area contributed by atoms with Gasteiger partial charge < -0.3 is 14.8 Å². The first kappa shape index (κ1) is 16.8. The molecule has 5 nitrogen and oxygen atoms in total. The van der Waals surface area contributed by atoms with Crippen LogP contribution >= 0.6 is 11.3 Å². The second-order valence-electron chi connectivity index (χ2n) is 5.85. The van der Waals surface area contributed by atoms with Crippen LogP contribution in [0.2, 0.25) is 0 Å². The first-order valence-corrected chi connectivity index (χ1v) is 8.95. The fourth-order valence-corrected chi connectivity index (χ4v) is 3.79. The summed E-state index contributed by atoms with van der Waals surface area (Å²) in [6.07, 6.45) is 1.59. The van der Waals surface area contributed by atoms with Gasteiger partial charge in [0.05, 0.1) is 30.3 Å². The number of nitrogens with zero attached hydrogens (tertiary/aromatic N) is 1.